The van der Waals surface area contributed by atoms with Crippen molar-refractivity contribution < 1.29 is 26.4 Å². The van der Waals surface area contributed by atoms with E-state index in [1.165, 1.54) is 6.08 Å². The molecule has 21 heavy (non-hydrogen) atoms. The second kappa shape index (κ2) is 5.51. The van der Waals surface area contributed by atoms with Gasteiger partial charge in [0.25, 0.3) is 10.0 Å². The lowest BCUT2D eigenvalue weighted by Gasteiger charge is -2.15. The van der Waals surface area contributed by atoms with E-state index < -0.39 is 21.8 Å². The molecule has 114 valence electrons. The third-order valence-electron chi connectivity index (χ3n) is 2.96. The van der Waals surface area contributed by atoms with Crippen LogP contribution in [0.4, 0.5) is 13.2 Å². The molecular formula is C13H12F3NO3S. The number of hydrogen-bond acceptors (Lipinski definition) is 3. The van der Waals surface area contributed by atoms with Crippen LogP contribution in [0, 0.1) is 0 Å². The highest BCUT2D eigenvalue weighted by molar-refractivity contribution is 7.89. The third-order valence-corrected chi connectivity index (χ3v) is 4.39. The number of sulfonamides is 1. The molecule has 0 aromatic heterocycles. The monoisotopic (exact) mass is 319 g/mol. The number of carbonyl (C=O) groups excluding carboxylic acids is 1. The molecule has 1 aliphatic rings. The molecule has 0 radical (unpaired) electrons. The van der Waals surface area contributed by atoms with Crippen LogP contribution in [0.5, 0.6) is 0 Å². The van der Waals surface area contributed by atoms with Crippen molar-refractivity contribution in [3.05, 3.63) is 41.6 Å². The van der Waals surface area contributed by atoms with E-state index in [4.69, 9.17) is 0 Å². The Morgan fingerprint density at radius 3 is 2.19 bits per heavy atom. The minimum atomic E-state index is -4.52. The summed E-state index contributed by atoms with van der Waals surface area (Å²) in [7, 11) is -3.98. The van der Waals surface area contributed by atoms with Crippen molar-refractivity contribution >= 4 is 15.8 Å². The number of halogens is 3. The number of hydrogen-bond donors (Lipinski definition) is 1. The molecule has 0 aliphatic heterocycles. The van der Waals surface area contributed by atoms with Gasteiger partial charge in [0.15, 0.2) is 5.78 Å². The van der Waals surface area contributed by atoms with E-state index in [2.05, 4.69) is 4.72 Å². The highest BCUT2D eigenvalue weighted by atomic mass is 32.2. The van der Waals surface area contributed by atoms with E-state index in [1.54, 1.807) is 0 Å². The molecule has 1 N–H and O–H groups in total. The fourth-order valence-corrected chi connectivity index (χ4v) is 3.05. The zero-order valence-corrected chi connectivity index (χ0v) is 11.6. The Balaban J connectivity index is 2.22. The highest BCUT2D eigenvalue weighted by Crippen LogP contribution is 2.29. The summed E-state index contributed by atoms with van der Waals surface area (Å²) in [5.74, 6) is -0.175. The summed E-state index contributed by atoms with van der Waals surface area (Å²) >= 11 is 0. The van der Waals surface area contributed by atoms with Gasteiger partial charge in [-0.25, -0.2) is 8.42 Å². The SMILES string of the molecule is O=C1C=C(NS(=O)(=O)c2ccc(C(F)(F)F)cc2)CCC1. The highest BCUT2D eigenvalue weighted by Gasteiger charge is 2.30. The molecule has 2 rings (SSSR count). The zero-order chi connectivity index (χ0) is 15.7. The van der Waals surface area contributed by atoms with Crippen molar-refractivity contribution in [2.24, 2.45) is 0 Å². The van der Waals surface area contributed by atoms with Gasteiger partial charge in [-0.15, -0.1) is 0 Å². The molecule has 0 saturated heterocycles. The number of allylic oxidation sites excluding steroid dienone is 2. The van der Waals surface area contributed by atoms with Gasteiger partial charge in [-0.3, -0.25) is 9.52 Å². The molecule has 0 amide bonds. The topological polar surface area (TPSA) is 63.2 Å². The lowest BCUT2D eigenvalue weighted by Crippen LogP contribution is -2.25. The van der Waals surface area contributed by atoms with Gasteiger partial charge in [-0.05, 0) is 37.1 Å². The van der Waals surface area contributed by atoms with Gasteiger partial charge in [0.2, 0.25) is 0 Å². The van der Waals surface area contributed by atoms with Gasteiger partial charge >= 0.3 is 6.18 Å². The summed E-state index contributed by atoms with van der Waals surface area (Å²) in [5.41, 5.74) is -0.667. The summed E-state index contributed by atoms with van der Waals surface area (Å²) in [6.07, 6.45) is -1.99. The fourth-order valence-electron chi connectivity index (χ4n) is 1.93. The van der Waals surface area contributed by atoms with Crippen molar-refractivity contribution in [1.82, 2.24) is 4.72 Å². The van der Waals surface area contributed by atoms with Crippen LogP contribution in [-0.2, 0) is 21.0 Å². The van der Waals surface area contributed by atoms with E-state index in [9.17, 15) is 26.4 Å². The van der Waals surface area contributed by atoms with Gasteiger partial charge in [-0.1, -0.05) is 0 Å². The number of ketones is 1. The minimum Gasteiger partial charge on any atom is -0.295 e. The first-order valence-corrected chi connectivity index (χ1v) is 7.60. The van der Waals surface area contributed by atoms with Gasteiger partial charge < -0.3 is 0 Å². The van der Waals surface area contributed by atoms with E-state index in [-0.39, 0.29) is 16.4 Å². The lowest BCUT2D eigenvalue weighted by molar-refractivity contribution is -0.137. The van der Waals surface area contributed by atoms with Crippen LogP contribution in [0.1, 0.15) is 24.8 Å². The van der Waals surface area contributed by atoms with Crippen LogP contribution >= 0.6 is 0 Å². The predicted octanol–water partition coefficient (Wildman–Crippen LogP) is 2.62. The molecule has 0 spiro atoms. The molecular weight excluding hydrogens is 307 g/mol. The van der Waals surface area contributed by atoms with Crippen molar-refractivity contribution in [2.45, 2.75) is 30.3 Å². The lowest BCUT2D eigenvalue weighted by atomic mass is 10.0. The molecule has 4 nitrogen and oxygen atoms in total. The Labute approximate surface area is 119 Å². The molecule has 1 aromatic carbocycles. The number of nitrogens with one attached hydrogen (secondary N) is 1. The molecule has 1 aliphatic carbocycles. The quantitative estimate of drug-likeness (QED) is 0.931. The second-order valence-electron chi connectivity index (χ2n) is 4.62. The number of carbonyl (C=O) groups is 1. The van der Waals surface area contributed by atoms with E-state index in [1.807, 2.05) is 0 Å². The van der Waals surface area contributed by atoms with Crippen LogP contribution in [-0.4, -0.2) is 14.2 Å². The Morgan fingerprint density at radius 2 is 1.67 bits per heavy atom. The molecule has 0 atom stereocenters. The number of rotatable bonds is 3. The molecule has 0 bridgehead atoms. The summed E-state index contributed by atoms with van der Waals surface area (Å²) in [5, 5.41) is 0. The third kappa shape index (κ3) is 3.84. The molecule has 0 fully saturated rings. The number of benzene rings is 1. The molecule has 0 heterocycles. The Hall–Kier alpha value is -1.83. The summed E-state index contributed by atoms with van der Waals surface area (Å²) in [6.45, 7) is 0. The molecule has 8 heteroatoms. The Kier molecular flexibility index (Phi) is 4.08. The minimum absolute atomic E-state index is 0.175. The smallest absolute Gasteiger partial charge is 0.295 e. The standard InChI is InChI=1S/C13H12F3NO3S/c14-13(15,16)9-4-6-12(7-5-9)21(19,20)17-10-2-1-3-11(18)8-10/h4-8,17H,1-3H2. The van der Waals surface area contributed by atoms with Crippen molar-refractivity contribution in [2.75, 3.05) is 0 Å². The summed E-state index contributed by atoms with van der Waals surface area (Å²) in [6, 6.07) is 3.18. The predicted molar refractivity (Wildman–Crippen MR) is 68.7 cm³/mol. The van der Waals surface area contributed by atoms with Crippen LogP contribution in [0.15, 0.2) is 40.9 Å². The Bertz CT molecular complexity index is 676. The van der Waals surface area contributed by atoms with Crippen molar-refractivity contribution in [3.8, 4) is 0 Å². The Morgan fingerprint density at radius 1 is 1.05 bits per heavy atom. The maximum absolute atomic E-state index is 12.4. The average molecular weight is 319 g/mol. The first-order chi connectivity index (χ1) is 9.68. The van der Waals surface area contributed by atoms with Gasteiger partial charge in [-0.2, -0.15) is 13.2 Å². The largest absolute Gasteiger partial charge is 0.416 e. The van der Waals surface area contributed by atoms with E-state index in [0.29, 0.717) is 31.4 Å². The summed E-state index contributed by atoms with van der Waals surface area (Å²) < 4.78 is 63.5. The van der Waals surface area contributed by atoms with E-state index >= 15 is 0 Å². The van der Waals surface area contributed by atoms with Crippen molar-refractivity contribution in [1.29, 1.82) is 0 Å². The van der Waals surface area contributed by atoms with Crippen LogP contribution < -0.4 is 4.72 Å². The number of alkyl halides is 3. The zero-order valence-electron chi connectivity index (χ0n) is 10.8. The first kappa shape index (κ1) is 15.6. The second-order valence-corrected chi connectivity index (χ2v) is 6.30. The molecule has 0 unspecified atom stereocenters. The summed E-state index contributed by atoms with van der Waals surface area (Å²) in [4.78, 5) is 10.9. The van der Waals surface area contributed by atoms with Gasteiger partial charge in [0.05, 0.1) is 10.5 Å². The van der Waals surface area contributed by atoms with Crippen molar-refractivity contribution in [3.63, 3.8) is 0 Å². The molecule has 0 saturated carbocycles. The van der Waals surface area contributed by atoms with Gasteiger partial charge in [0.1, 0.15) is 0 Å². The normalized spacial score (nSPS) is 16.5. The van der Waals surface area contributed by atoms with Crippen LogP contribution in [0.25, 0.3) is 0 Å². The molecule has 1 aromatic rings. The van der Waals surface area contributed by atoms with Gasteiger partial charge in [0, 0.05) is 18.2 Å². The van der Waals surface area contributed by atoms with Crippen LogP contribution in [0.3, 0.4) is 0 Å². The van der Waals surface area contributed by atoms with E-state index in [0.717, 1.165) is 12.1 Å². The fraction of sp³-hybridized carbons (Fsp3) is 0.308. The van der Waals surface area contributed by atoms with Crippen LogP contribution in [0.2, 0.25) is 0 Å². The maximum atomic E-state index is 12.4. The maximum Gasteiger partial charge on any atom is 0.416 e. The first-order valence-electron chi connectivity index (χ1n) is 6.12. The average Bonchev–Trinajstić information content (AvgIpc) is 2.37.